The van der Waals surface area contributed by atoms with Gasteiger partial charge in [-0.1, -0.05) is 0 Å². The van der Waals surface area contributed by atoms with E-state index in [1.54, 1.807) is 15.7 Å². The van der Waals surface area contributed by atoms with Crippen molar-refractivity contribution in [3.05, 3.63) is 24.3 Å². The number of aryl methyl sites for hydroxylation is 2. The van der Waals surface area contributed by atoms with Gasteiger partial charge in [-0.15, -0.1) is 5.10 Å². The van der Waals surface area contributed by atoms with Gasteiger partial charge in [0.15, 0.2) is 0 Å². The molecule has 1 N–H and O–H groups in total. The van der Waals surface area contributed by atoms with Crippen LogP contribution in [0.25, 0.3) is 0 Å². The lowest BCUT2D eigenvalue weighted by Gasteiger charge is -1.97. The second-order valence-corrected chi connectivity index (χ2v) is 3.12. The standard InChI is InChI=1S/C8H12N6/c1-13-5-7(4-11-13)3-9-8-10-6-14(2)12-8/h4-6H,3H2,1-2H3,(H,9,12). The molecule has 6 heteroatoms. The average molecular weight is 192 g/mol. The van der Waals surface area contributed by atoms with Gasteiger partial charge in [-0.05, 0) is 0 Å². The fraction of sp³-hybridized carbons (Fsp3) is 0.375. The van der Waals surface area contributed by atoms with Gasteiger partial charge in [0, 0.05) is 32.4 Å². The molecule has 0 unspecified atom stereocenters. The van der Waals surface area contributed by atoms with Crippen LogP contribution in [0.2, 0.25) is 0 Å². The van der Waals surface area contributed by atoms with Crippen LogP contribution in [0, 0.1) is 0 Å². The van der Waals surface area contributed by atoms with Crippen LogP contribution in [-0.2, 0) is 20.6 Å². The summed E-state index contributed by atoms with van der Waals surface area (Å²) in [5.74, 6) is 0.636. The molecule has 0 saturated carbocycles. The highest BCUT2D eigenvalue weighted by Gasteiger charge is 1.99. The summed E-state index contributed by atoms with van der Waals surface area (Å²) in [6.07, 6.45) is 5.43. The van der Waals surface area contributed by atoms with Crippen molar-refractivity contribution in [2.24, 2.45) is 14.1 Å². The van der Waals surface area contributed by atoms with Crippen molar-refractivity contribution in [3.63, 3.8) is 0 Å². The zero-order valence-corrected chi connectivity index (χ0v) is 8.18. The molecule has 0 bridgehead atoms. The van der Waals surface area contributed by atoms with Gasteiger partial charge in [-0.25, -0.2) is 4.98 Å². The van der Waals surface area contributed by atoms with Crippen molar-refractivity contribution < 1.29 is 0 Å². The summed E-state index contributed by atoms with van der Waals surface area (Å²) in [6.45, 7) is 0.692. The molecule has 0 aromatic carbocycles. The van der Waals surface area contributed by atoms with Gasteiger partial charge in [0.05, 0.1) is 6.20 Å². The first-order valence-electron chi connectivity index (χ1n) is 4.31. The molecule has 2 aromatic rings. The predicted octanol–water partition coefficient (Wildman–Crippen LogP) is 0.161. The molecule has 6 nitrogen and oxygen atoms in total. The molecule has 0 fully saturated rings. The van der Waals surface area contributed by atoms with Gasteiger partial charge in [0.2, 0.25) is 5.95 Å². The van der Waals surface area contributed by atoms with Crippen molar-refractivity contribution in [2.75, 3.05) is 5.32 Å². The maximum Gasteiger partial charge on any atom is 0.242 e. The van der Waals surface area contributed by atoms with Gasteiger partial charge in [-0.3, -0.25) is 9.36 Å². The van der Waals surface area contributed by atoms with E-state index in [1.165, 1.54) is 0 Å². The Morgan fingerprint density at radius 3 is 2.79 bits per heavy atom. The van der Waals surface area contributed by atoms with Crippen LogP contribution in [0.3, 0.4) is 0 Å². The van der Waals surface area contributed by atoms with Gasteiger partial charge in [-0.2, -0.15) is 5.10 Å². The van der Waals surface area contributed by atoms with E-state index in [4.69, 9.17) is 0 Å². The SMILES string of the molecule is Cn1cc(CNc2ncn(C)n2)cn1. The highest BCUT2D eigenvalue weighted by Crippen LogP contribution is 2.01. The van der Waals surface area contributed by atoms with Crippen LogP contribution >= 0.6 is 0 Å². The van der Waals surface area contributed by atoms with Crippen molar-refractivity contribution in [2.45, 2.75) is 6.54 Å². The first-order chi connectivity index (χ1) is 6.74. The minimum atomic E-state index is 0.636. The average Bonchev–Trinajstić information content (AvgIpc) is 2.72. The van der Waals surface area contributed by atoms with Gasteiger partial charge in [0.1, 0.15) is 6.33 Å². The summed E-state index contributed by atoms with van der Waals surface area (Å²) in [5.41, 5.74) is 1.11. The van der Waals surface area contributed by atoms with E-state index in [9.17, 15) is 0 Å². The molecule has 74 valence electrons. The molecule has 0 saturated heterocycles. The summed E-state index contributed by atoms with van der Waals surface area (Å²) in [6, 6.07) is 0. The fourth-order valence-corrected chi connectivity index (χ4v) is 1.16. The van der Waals surface area contributed by atoms with E-state index in [0.717, 1.165) is 5.56 Å². The van der Waals surface area contributed by atoms with Gasteiger partial charge in [0.25, 0.3) is 0 Å². The predicted molar refractivity (Wildman–Crippen MR) is 51.5 cm³/mol. The van der Waals surface area contributed by atoms with Crippen molar-refractivity contribution in [1.29, 1.82) is 0 Å². The summed E-state index contributed by atoms with van der Waals surface area (Å²) < 4.78 is 3.43. The molecular weight excluding hydrogens is 180 g/mol. The Balaban J connectivity index is 1.94. The van der Waals surface area contributed by atoms with Crippen molar-refractivity contribution >= 4 is 5.95 Å². The zero-order chi connectivity index (χ0) is 9.97. The Hall–Kier alpha value is -1.85. The number of hydrogen-bond donors (Lipinski definition) is 1. The maximum absolute atomic E-state index is 4.10. The molecule has 0 aliphatic heterocycles. The molecule has 2 aromatic heterocycles. The fourth-order valence-electron chi connectivity index (χ4n) is 1.16. The van der Waals surface area contributed by atoms with Crippen LogP contribution in [0.15, 0.2) is 18.7 Å². The Morgan fingerprint density at radius 1 is 1.36 bits per heavy atom. The van der Waals surface area contributed by atoms with Crippen molar-refractivity contribution in [1.82, 2.24) is 24.5 Å². The van der Waals surface area contributed by atoms with Gasteiger partial charge >= 0.3 is 0 Å². The highest BCUT2D eigenvalue weighted by molar-refractivity contribution is 5.23. The number of nitrogens with one attached hydrogen (secondary N) is 1. The number of aromatic nitrogens is 5. The summed E-state index contributed by atoms with van der Waals surface area (Å²) >= 11 is 0. The third-order valence-electron chi connectivity index (χ3n) is 1.81. The molecule has 0 spiro atoms. The molecule has 0 radical (unpaired) electrons. The molecule has 2 rings (SSSR count). The molecule has 14 heavy (non-hydrogen) atoms. The molecule has 0 aliphatic rings. The molecule has 0 amide bonds. The maximum atomic E-state index is 4.10. The highest BCUT2D eigenvalue weighted by atomic mass is 15.4. The molecule has 0 atom stereocenters. The second kappa shape index (κ2) is 3.49. The number of nitrogens with zero attached hydrogens (tertiary/aromatic N) is 5. The van der Waals surface area contributed by atoms with E-state index in [2.05, 4.69) is 20.5 Å². The second-order valence-electron chi connectivity index (χ2n) is 3.12. The Labute approximate surface area is 81.6 Å². The van der Waals surface area contributed by atoms with Crippen LogP contribution in [0.1, 0.15) is 5.56 Å². The van der Waals surface area contributed by atoms with Crippen LogP contribution in [-0.4, -0.2) is 24.5 Å². The van der Waals surface area contributed by atoms with Crippen LogP contribution < -0.4 is 5.32 Å². The Morgan fingerprint density at radius 2 is 2.21 bits per heavy atom. The van der Waals surface area contributed by atoms with E-state index >= 15 is 0 Å². The lowest BCUT2D eigenvalue weighted by Crippen LogP contribution is -2.00. The van der Waals surface area contributed by atoms with E-state index < -0.39 is 0 Å². The Kier molecular flexibility index (Phi) is 2.18. The topological polar surface area (TPSA) is 60.6 Å². The van der Waals surface area contributed by atoms with Crippen molar-refractivity contribution in [3.8, 4) is 0 Å². The third-order valence-corrected chi connectivity index (χ3v) is 1.81. The summed E-state index contributed by atoms with van der Waals surface area (Å²) in [4.78, 5) is 4.05. The lowest BCUT2D eigenvalue weighted by molar-refractivity contribution is 0.764. The number of rotatable bonds is 3. The molecular formula is C8H12N6. The first kappa shape index (κ1) is 8.74. The normalized spacial score (nSPS) is 10.4. The lowest BCUT2D eigenvalue weighted by atomic mass is 10.4. The third kappa shape index (κ3) is 1.90. The van der Waals surface area contributed by atoms with Crippen LogP contribution in [0.5, 0.6) is 0 Å². The van der Waals surface area contributed by atoms with E-state index in [-0.39, 0.29) is 0 Å². The number of anilines is 1. The smallest absolute Gasteiger partial charge is 0.242 e. The van der Waals surface area contributed by atoms with E-state index in [1.807, 2.05) is 26.5 Å². The molecule has 0 aliphatic carbocycles. The summed E-state index contributed by atoms with van der Waals surface area (Å²) in [5, 5.41) is 11.3. The minimum absolute atomic E-state index is 0.636. The minimum Gasteiger partial charge on any atom is -0.349 e. The first-order valence-corrected chi connectivity index (χ1v) is 4.31. The quantitative estimate of drug-likeness (QED) is 0.752. The monoisotopic (exact) mass is 192 g/mol. The van der Waals surface area contributed by atoms with Gasteiger partial charge < -0.3 is 5.32 Å². The Bertz CT molecular complexity index is 375. The zero-order valence-electron chi connectivity index (χ0n) is 8.18. The largest absolute Gasteiger partial charge is 0.349 e. The number of hydrogen-bond acceptors (Lipinski definition) is 4. The molecule has 2 heterocycles. The van der Waals surface area contributed by atoms with Crippen LogP contribution in [0.4, 0.5) is 5.95 Å². The summed E-state index contributed by atoms with van der Waals surface area (Å²) in [7, 11) is 3.73. The van der Waals surface area contributed by atoms with E-state index in [0.29, 0.717) is 12.5 Å².